The molecule has 3 aromatic rings. The maximum atomic E-state index is 12.8. The number of likely N-dealkylation sites (tertiary alicyclic amines) is 1. The van der Waals surface area contributed by atoms with Crippen molar-refractivity contribution in [2.75, 3.05) is 13.1 Å². The highest BCUT2D eigenvalue weighted by atomic mass is 35.5. The third-order valence-electron chi connectivity index (χ3n) is 4.74. The number of fused-ring (bicyclic) bond motifs is 1. The van der Waals surface area contributed by atoms with Crippen LogP contribution in [0.4, 0.5) is 0 Å². The molecule has 0 bridgehead atoms. The van der Waals surface area contributed by atoms with Gasteiger partial charge in [0.25, 0.3) is 5.91 Å². The van der Waals surface area contributed by atoms with Gasteiger partial charge in [0, 0.05) is 23.7 Å². The molecule has 4 nitrogen and oxygen atoms in total. The normalized spacial score (nSPS) is 15.0. The third kappa shape index (κ3) is 2.87. The monoisotopic (exact) mass is 385 g/mol. The molecule has 0 radical (unpaired) electrons. The van der Waals surface area contributed by atoms with E-state index in [1.165, 1.54) is 12.1 Å². The Hall–Kier alpha value is -2.37. The lowest BCUT2D eigenvalue weighted by Gasteiger charge is -2.38. The van der Waals surface area contributed by atoms with Gasteiger partial charge in [0.05, 0.1) is 4.90 Å². The van der Waals surface area contributed by atoms with Crippen molar-refractivity contribution in [3.8, 4) is 0 Å². The first-order valence-electron chi connectivity index (χ1n) is 8.23. The van der Waals surface area contributed by atoms with Gasteiger partial charge in [0.2, 0.25) is 0 Å². The Morgan fingerprint density at radius 3 is 2.31 bits per heavy atom. The van der Waals surface area contributed by atoms with E-state index < -0.39 is 15.1 Å². The van der Waals surface area contributed by atoms with Crippen LogP contribution in [-0.2, 0) is 9.84 Å². The smallest absolute Gasteiger partial charge is 0.254 e. The zero-order valence-electron chi connectivity index (χ0n) is 13.8. The minimum absolute atomic E-state index is 0.135. The second kappa shape index (κ2) is 6.41. The molecule has 26 heavy (non-hydrogen) atoms. The van der Waals surface area contributed by atoms with E-state index in [0.29, 0.717) is 10.6 Å². The van der Waals surface area contributed by atoms with Gasteiger partial charge in [-0.3, -0.25) is 4.79 Å². The van der Waals surface area contributed by atoms with Crippen LogP contribution in [0.3, 0.4) is 0 Å². The Balaban J connectivity index is 1.54. The summed E-state index contributed by atoms with van der Waals surface area (Å²) in [6, 6.07) is 19.4. The third-order valence-corrected chi connectivity index (χ3v) is 7.09. The fourth-order valence-electron chi connectivity index (χ4n) is 3.20. The first-order valence-corrected chi connectivity index (χ1v) is 10.2. The number of hydrogen-bond donors (Lipinski definition) is 0. The summed E-state index contributed by atoms with van der Waals surface area (Å²) in [7, 11) is -3.46. The minimum atomic E-state index is -3.46. The predicted molar refractivity (Wildman–Crippen MR) is 102 cm³/mol. The van der Waals surface area contributed by atoms with E-state index in [-0.39, 0.29) is 23.9 Å². The highest BCUT2D eigenvalue weighted by molar-refractivity contribution is 7.92. The van der Waals surface area contributed by atoms with Crippen molar-refractivity contribution < 1.29 is 13.2 Å². The molecule has 4 rings (SSSR count). The molecule has 1 aliphatic heterocycles. The molecule has 0 aliphatic carbocycles. The second-order valence-corrected chi connectivity index (χ2v) is 9.02. The Labute approximate surface area is 156 Å². The van der Waals surface area contributed by atoms with Crippen LogP contribution in [-0.4, -0.2) is 37.6 Å². The van der Waals surface area contributed by atoms with Gasteiger partial charge in [-0.15, -0.1) is 0 Å². The molecule has 132 valence electrons. The maximum Gasteiger partial charge on any atom is 0.254 e. The van der Waals surface area contributed by atoms with Crippen LogP contribution in [0.25, 0.3) is 10.8 Å². The van der Waals surface area contributed by atoms with Crippen LogP contribution in [0.5, 0.6) is 0 Å². The predicted octanol–water partition coefficient (Wildman–Crippen LogP) is 3.79. The number of halogens is 1. The SMILES string of the molecule is O=C(c1cccc2ccccc12)N1CC(S(=O)(=O)c2ccc(Cl)cc2)C1. The number of rotatable bonds is 3. The van der Waals surface area contributed by atoms with Crippen LogP contribution in [0.2, 0.25) is 5.02 Å². The summed E-state index contributed by atoms with van der Waals surface area (Å²) in [5.74, 6) is -0.135. The van der Waals surface area contributed by atoms with E-state index in [1.807, 2.05) is 36.4 Å². The molecule has 1 amide bonds. The van der Waals surface area contributed by atoms with Crippen LogP contribution in [0, 0.1) is 0 Å². The summed E-state index contributed by atoms with van der Waals surface area (Å²) in [4.78, 5) is 14.6. The van der Waals surface area contributed by atoms with Crippen molar-refractivity contribution in [1.29, 1.82) is 0 Å². The van der Waals surface area contributed by atoms with Crippen molar-refractivity contribution in [2.45, 2.75) is 10.1 Å². The molecule has 0 spiro atoms. The maximum absolute atomic E-state index is 12.8. The molecule has 0 aromatic heterocycles. The Morgan fingerprint density at radius 2 is 1.58 bits per heavy atom. The van der Waals surface area contributed by atoms with E-state index in [1.54, 1.807) is 23.1 Å². The number of carbonyl (C=O) groups excluding carboxylic acids is 1. The summed E-state index contributed by atoms with van der Waals surface area (Å²) in [6.45, 7) is 0.403. The Morgan fingerprint density at radius 1 is 0.923 bits per heavy atom. The molecule has 0 unspecified atom stereocenters. The molecule has 1 saturated heterocycles. The Kier molecular flexibility index (Phi) is 4.21. The largest absolute Gasteiger partial charge is 0.336 e. The minimum Gasteiger partial charge on any atom is -0.336 e. The van der Waals surface area contributed by atoms with E-state index in [9.17, 15) is 13.2 Å². The van der Waals surface area contributed by atoms with Crippen molar-refractivity contribution in [3.63, 3.8) is 0 Å². The molecular weight excluding hydrogens is 370 g/mol. The van der Waals surface area contributed by atoms with Gasteiger partial charge in [0.1, 0.15) is 5.25 Å². The zero-order chi connectivity index (χ0) is 18.3. The summed E-state index contributed by atoms with van der Waals surface area (Å²) >= 11 is 5.82. The van der Waals surface area contributed by atoms with Crippen molar-refractivity contribution in [2.24, 2.45) is 0 Å². The second-order valence-electron chi connectivity index (χ2n) is 6.36. The molecule has 1 heterocycles. The molecule has 6 heteroatoms. The van der Waals surface area contributed by atoms with Gasteiger partial charge in [-0.05, 0) is 41.1 Å². The topological polar surface area (TPSA) is 54.5 Å². The molecule has 1 aliphatic rings. The van der Waals surface area contributed by atoms with Crippen LogP contribution < -0.4 is 0 Å². The Bertz CT molecular complexity index is 1080. The van der Waals surface area contributed by atoms with Crippen molar-refractivity contribution in [3.05, 3.63) is 77.3 Å². The highest BCUT2D eigenvalue weighted by Gasteiger charge is 2.40. The van der Waals surface area contributed by atoms with Gasteiger partial charge < -0.3 is 4.90 Å². The molecule has 0 atom stereocenters. The van der Waals surface area contributed by atoms with Gasteiger partial charge in [-0.1, -0.05) is 48.0 Å². The van der Waals surface area contributed by atoms with Crippen molar-refractivity contribution in [1.82, 2.24) is 4.90 Å². The van der Waals surface area contributed by atoms with E-state index >= 15 is 0 Å². The van der Waals surface area contributed by atoms with Gasteiger partial charge in [-0.2, -0.15) is 0 Å². The summed E-state index contributed by atoms with van der Waals surface area (Å²) in [6.07, 6.45) is 0. The lowest BCUT2D eigenvalue weighted by atomic mass is 10.0. The van der Waals surface area contributed by atoms with E-state index in [0.717, 1.165) is 10.8 Å². The summed E-state index contributed by atoms with van der Waals surface area (Å²) < 4.78 is 25.3. The number of hydrogen-bond acceptors (Lipinski definition) is 3. The number of sulfone groups is 1. The van der Waals surface area contributed by atoms with E-state index in [2.05, 4.69) is 0 Å². The number of nitrogens with zero attached hydrogens (tertiary/aromatic N) is 1. The summed E-state index contributed by atoms with van der Waals surface area (Å²) in [5, 5.41) is 1.78. The quantitative estimate of drug-likeness (QED) is 0.689. The number of benzene rings is 3. The molecule has 0 saturated carbocycles. The van der Waals surface area contributed by atoms with Gasteiger partial charge in [0.15, 0.2) is 9.84 Å². The highest BCUT2D eigenvalue weighted by Crippen LogP contribution is 2.28. The molecule has 0 N–H and O–H groups in total. The fourth-order valence-corrected chi connectivity index (χ4v) is 4.98. The van der Waals surface area contributed by atoms with E-state index in [4.69, 9.17) is 11.6 Å². The average molecular weight is 386 g/mol. The van der Waals surface area contributed by atoms with Gasteiger partial charge in [-0.25, -0.2) is 8.42 Å². The molecule has 1 fully saturated rings. The number of carbonyl (C=O) groups is 1. The first-order chi connectivity index (χ1) is 12.5. The molecule has 3 aromatic carbocycles. The van der Waals surface area contributed by atoms with Crippen LogP contribution in [0.1, 0.15) is 10.4 Å². The molecular formula is C20H16ClNO3S. The lowest BCUT2D eigenvalue weighted by molar-refractivity contribution is 0.0661. The average Bonchev–Trinajstić information content (AvgIpc) is 2.60. The van der Waals surface area contributed by atoms with Gasteiger partial charge >= 0.3 is 0 Å². The fraction of sp³-hybridized carbons (Fsp3) is 0.150. The lowest BCUT2D eigenvalue weighted by Crippen LogP contribution is -2.56. The van der Waals surface area contributed by atoms with Crippen molar-refractivity contribution >= 4 is 38.1 Å². The van der Waals surface area contributed by atoms with Crippen LogP contribution in [0.15, 0.2) is 71.6 Å². The first kappa shape index (κ1) is 17.1. The van der Waals surface area contributed by atoms with Crippen LogP contribution >= 0.6 is 11.6 Å². The standard InChI is InChI=1S/C20H16ClNO3S/c21-15-8-10-16(11-9-15)26(24,25)17-12-22(13-17)20(23)19-7-3-5-14-4-1-2-6-18(14)19/h1-11,17H,12-13H2. The zero-order valence-corrected chi connectivity index (χ0v) is 15.4. The number of amides is 1. The summed E-state index contributed by atoms with van der Waals surface area (Å²) in [5.41, 5.74) is 0.602.